The van der Waals surface area contributed by atoms with Gasteiger partial charge in [0.25, 0.3) is 0 Å². The molecular weight excluding hydrogens is 545 g/mol. The molecule has 1 aromatic heterocycles. The van der Waals surface area contributed by atoms with Gasteiger partial charge in [-0.1, -0.05) is 139 Å². The average molecular weight is 571 g/mol. The molecule has 0 amide bonds. The van der Waals surface area contributed by atoms with Gasteiger partial charge in [0.1, 0.15) is 5.37 Å². The van der Waals surface area contributed by atoms with Crippen molar-refractivity contribution in [1.82, 2.24) is 15.0 Å². The standard InChI is InChI=1S/C38H26N4S/c1-4-11-25(12-5-1)35-40-36(26-13-6-2-7-14-26)42-37(41-35)31-18-10-17-28(24-31)29-19-21-32-30(23-29)20-22-33-34(32)39-38(43-33)27-15-8-3-9-16-27/h1-24,38-39H. The second kappa shape index (κ2) is 10.9. The molecule has 0 bridgehead atoms. The zero-order valence-electron chi connectivity index (χ0n) is 23.2. The van der Waals surface area contributed by atoms with E-state index in [1.54, 1.807) is 0 Å². The fourth-order valence-corrected chi connectivity index (χ4v) is 6.74. The van der Waals surface area contributed by atoms with E-state index in [4.69, 9.17) is 15.0 Å². The van der Waals surface area contributed by atoms with Crippen LogP contribution in [-0.2, 0) is 0 Å². The average Bonchev–Trinajstić information content (AvgIpc) is 3.54. The molecule has 8 rings (SSSR count). The molecule has 0 saturated carbocycles. The van der Waals surface area contributed by atoms with Gasteiger partial charge in [-0.25, -0.2) is 15.0 Å². The lowest BCUT2D eigenvalue weighted by Crippen LogP contribution is -2.00. The minimum Gasteiger partial charge on any atom is -0.368 e. The van der Waals surface area contributed by atoms with Gasteiger partial charge in [0.05, 0.1) is 5.69 Å². The minimum absolute atomic E-state index is 0.222. The Kier molecular flexibility index (Phi) is 6.43. The summed E-state index contributed by atoms with van der Waals surface area (Å²) in [4.78, 5) is 16.0. The summed E-state index contributed by atoms with van der Waals surface area (Å²) < 4.78 is 0. The van der Waals surface area contributed by atoms with Crippen molar-refractivity contribution in [1.29, 1.82) is 0 Å². The Bertz CT molecular complexity index is 2020. The highest BCUT2D eigenvalue weighted by Crippen LogP contribution is 2.49. The summed E-state index contributed by atoms with van der Waals surface area (Å²) in [5.74, 6) is 1.98. The first kappa shape index (κ1) is 25.5. The van der Waals surface area contributed by atoms with Crippen LogP contribution in [0.1, 0.15) is 10.9 Å². The van der Waals surface area contributed by atoms with Gasteiger partial charge < -0.3 is 5.32 Å². The van der Waals surface area contributed by atoms with E-state index in [-0.39, 0.29) is 5.37 Å². The van der Waals surface area contributed by atoms with Gasteiger partial charge in [-0.05, 0) is 40.3 Å². The van der Waals surface area contributed by atoms with Crippen LogP contribution in [0.2, 0.25) is 0 Å². The second-order valence-electron chi connectivity index (χ2n) is 10.5. The van der Waals surface area contributed by atoms with E-state index < -0.39 is 0 Å². The number of rotatable bonds is 5. The summed E-state index contributed by atoms with van der Waals surface area (Å²) in [5.41, 5.74) is 7.64. The topological polar surface area (TPSA) is 50.7 Å². The van der Waals surface area contributed by atoms with E-state index in [0.29, 0.717) is 17.5 Å². The lowest BCUT2D eigenvalue weighted by molar-refractivity contribution is 1.07. The van der Waals surface area contributed by atoms with Crippen LogP contribution in [0.5, 0.6) is 0 Å². The molecule has 0 spiro atoms. The molecule has 204 valence electrons. The van der Waals surface area contributed by atoms with Crippen LogP contribution in [0.15, 0.2) is 150 Å². The van der Waals surface area contributed by atoms with Crippen LogP contribution in [0.25, 0.3) is 56.1 Å². The zero-order valence-corrected chi connectivity index (χ0v) is 24.0. The summed E-state index contributed by atoms with van der Waals surface area (Å²) in [6, 6.07) is 50.4. The van der Waals surface area contributed by atoms with Gasteiger partial charge in [0.2, 0.25) is 0 Å². The van der Waals surface area contributed by atoms with Gasteiger partial charge in [0, 0.05) is 27.0 Å². The van der Waals surface area contributed by atoms with Gasteiger partial charge in [-0.15, -0.1) is 0 Å². The molecule has 7 aromatic rings. The Morgan fingerprint density at radius 1 is 0.465 bits per heavy atom. The predicted octanol–water partition coefficient (Wildman–Crippen LogP) is 9.91. The highest BCUT2D eigenvalue weighted by Gasteiger charge is 2.24. The summed E-state index contributed by atoms with van der Waals surface area (Å²) in [5, 5.41) is 6.43. The third-order valence-corrected chi connectivity index (χ3v) is 8.98. The smallest absolute Gasteiger partial charge is 0.164 e. The van der Waals surface area contributed by atoms with Gasteiger partial charge in [-0.2, -0.15) is 0 Å². The van der Waals surface area contributed by atoms with Crippen LogP contribution in [-0.4, -0.2) is 15.0 Å². The van der Waals surface area contributed by atoms with E-state index in [9.17, 15) is 0 Å². The van der Waals surface area contributed by atoms with Crippen LogP contribution in [0.3, 0.4) is 0 Å². The Morgan fingerprint density at radius 3 is 1.70 bits per heavy atom. The Hall–Kier alpha value is -5.26. The lowest BCUT2D eigenvalue weighted by Gasteiger charge is -2.12. The fraction of sp³-hybridized carbons (Fsp3) is 0.0263. The Morgan fingerprint density at radius 2 is 1.02 bits per heavy atom. The van der Waals surface area contributed by atoms with Gasteiger partial charge in [0.15, 0.2) is 17.5 Å². The largest absolute Gasteiger partial charge is 0.368 e. The maximum absolute atomic E-state index is 4.92. The van der Waals surface area contributed by atoms with E-state index in [1.807, 2.05) is 72.4 Å². The summed E-state index contributed by atoms with van der Waals surface area (Å²) in [6.07, 6.45) is 0. The van der Waals surface area contributed by atoms with E-state index in [0.717, 1.165) is 27.8 Å². The molecule has 6 aromatic carbocycles. The van der Waals surface area contributed by atoms with Crippen molar-refractivity contribution in [2.75, 3.05) is 5.32 Å². The normalized spacial score (nSPS) is 13.9. The first-order chi connectivity index (χ1) is 21.3. The number of aromatic nitrogens is 3. The molecule has 1 aliphatic heterocycles. The van der Waals surface area contributed by atoms with Crippen molar-refractivity contribution in [2.24, 2.45) is 0 Å². The predicted molar refractivity (Wildman–Crippen MR) is 178 cm³/mol. The van der Waals surface area contributed by atoms with E-state index in [1.165, 1.54) is 26.9 Å². The van der Waals surface area contributed by atoms with Crippen LogP contribution >= 0.6 is 11.8 Å². The molecule has 0 radical (unpaired) electrons. The maximum atomic E-state index is 4.92. The molecular formula is C38H26N4S. The molecule has 5 heteroatoms. The Balaban J connectivity index is 1.17. The lowest BCUT2D eigenvalue weighted by atomic mass is 9.98. The second-order valence-corrected chi connectivity index (χ2v) is 11.7. The summed E-state index contributed by atoms with van der Waals surface area (Å²) in [6.45, 7) is 0. The number of nitrogens with one attached hydrogen (secondary N) is 1. The first-order valence-corrected chi connectivity index (χ1v) is 15.2. The Labute approximate surface area is 254 Å². The number of fused-ring (bicyclic) bond motifs is 3. The number of benzene rings is 6. The SMILES string of the molecule is c1ccc(-c2nc(-c3ccccc3)nc(-c3cccc(-c4ccc5c6c(ccc5c4)SC(c4ccccc4)N6)c3)n2)cc1. The molecule has 1 aliphatic rings. The van der Waals surface area contributed by atoms with Gasteiger partial charge >= 0.3 is 0 Å². The van der Waals surface area contributed by atoms with Crippen molar-refractivity contribution in [3.05, 3.63) is 151 Å². The van der Waals surface area contributed by atoms with E-state index in [2.05, 4.69) is 90.2 Å². The minimum atomic E-state index is 0.222. The number of hydrogen-bond acceptors (Lipinski definition) is 5. The van der Waals surface area contributed by atoms with Crippen molar-refractivity contribution in [2.45, 2.75) is 10.3 Å². The van der Waals surface area contributed by atoms with Crippen molar-refractivity contribution in [3.8, 4) is 45.3 Å². The summed E-state index contributed by atoms with van der Waals surface area (Å²) in [7, 11) is 0. The number of hydrogen-bond donors (Lipinski definition) is 1. The number of anilines is 1. The monoisotopic (exact) mass is 570 g/mol. The van der Waals surface area contributed by atoms with Crippen LogP contribution < -0.4 is 5.32 Å². The van der Waals surface area contributed by atoms with Crippen LogP contribution in [0.4, 0.5) is 5.69 Å². The van der Waals surface area contributed by atoms with Crippen molar-refractivity contribution >= 4 is 28.2 Å². The first-order valence-electron chi connectivity index (χ1n) is 14.3. The molecule has 4 nitrogen and oxygen atoms in total. The number of thioether (sulfide) groups is 1. The highest BCUT2D eigenvalue weighted by atomic mass is 32.2. The molecule has 2 heterocycles. The molecule has 0 aliphatic carbocycles. The van der Waals surface area contributed by atoms with Crippen molar-refractivity contribution < 1.29 is 0 Å². The highest BCUT2D eigenvalue weighted by molar-refractivity contribution is 8.00. The maximum Gasteiger partial charge on any atom is 0.164 e. The third kappa shape index (κ3) is 4.94. The molecule has 0 saturated heterocycles. The molecule has 1 atom stereocenters. The molecule has 1 N–H and O–H groups in total. The van der Waals surface area contributed by atoms with Crippen molar-refractivity contribution in [3.63, 3.8) is 0 Å². The number of nitrogens with zero attached hydrogens (tertiary/aromatic N) is 3. The molecule has 43 heavy (non-hydrogen) atoms. The molecule has 1 unspecified atom stereocenters. The van der Waals surface area contributed by atoms with Crippen LogP contribution in [0, 0.1) is 0 Å². The van der Waals surface area contributed by atoms with Gasteiger partial charge in [-0.3, -0.25) is 0 Å². The zero-order chi connectivity index (χ0) is 28.6. The fourth-order valence-electron chi connectivity index (χ4n) is 5.58. The third-order valence-electron chi connectivity index (χ3n) is 7.76. The van der Waals surface area contributed by atoms with E-state index >= 15 is 0 Å². The molecule has 0 fully saturated rings. The summed E-state index contributed by atoms with van der Waals surface area (Å²) >= 11 is 1.87. The quantitative estimate of drug-likeness (QED) is 0.223.